The number of aliphatic imine (C=N–C) groups is 1. The first-order valence-corrected chi connectivity index (χ1v) is 13.9. The van der Waals surface area contributed by atoms with E-state index in [4.69, 9.17) is 9.73 Å². The molecule has 4 aromatic rings. The zero-order valence-electron chi connectivity index (χ0n) is 21.5. The SMILES string of the molecule is CC[C@@H](C)[C@H](N=Cc1ccccc1P(c1ccccc1)c1ccccc1)C(=O)Nc1ccc(OC)cc1. The number of anilines is 1. The number of nitrogens with zero attached hydrogens (tertiary/aromatic N) is 1. The highest BCUT2D eigenvalue weighted by Crippen LogP contribution is 2.33. The molecule has 0 aliphatic rings. The molecule has 4 nitrogen and oxygen atoms in total. The van der Waals surface area contributed by atoms with Crippen molar-refractivity contribution in [3.8, 4) is 5.75 Å². The Labute approximate surface area is 221 Å². The van der Waals surface area contributed by atoms with Crippen molar-refractivity contribution in [1.82, 2.24) is 0 Å². The van der Waals surface area contributed by atoms with E-state index in [1.54, 1.807) is 7.11 Å². The number of methoxy groups -OCH3 is 1. The Kier molecular flexibility index (Phi) is 9.24. The minimum absolute atomic E-state index is 0.0893. The maximum Gasteiger partial charge on any atom is 0.249 e. The Morgan fingerprint density at radius 1 is 0.865 bits per heavy atom. The van der Waals surface area contributed by atoms with Gasteiger partial charge in [-0.15, -0.1) is 0 Å². The third kappa shape index (κ3) is 6.72. The minimum atomic E-state index is -0.780. The fraction of sp³-hybridized carbons (Fsp3) is 0.188. The highest BCUT2D eigenvalue weighted by Gasteiger charge is 2.24. The summed E-state index contributed by atoms with van der Waals surface area (Å²) in [5.41, 5.74) is 1.76. The summed E-state index contributed by atoms with van der Waals surface area (Å²) in [6.07, 6.45) is 2.74. The van der Waals surface area contributed by atoms with E-state index >= 15 is 0 Å². The molecule has 0 aromatic heterocycles. The quantitative estimate of drug-likeness (QED) is 0.213. The molecule has 0 fully saturated rings. The normalized spacial score (nSPS) is 12.9. The van der Waals surface area contributed by atoms with Gasteiger partial charge in [-0.05, 0) is 54.0 Å². The van der Waals surface area contributed by atoms with Crippen LogP contribution < -0.4 is 26.0 Å². The number of nitrogens with one attached hydrogen (secondary N) is 1. The molecule has 2 atom stereocenters. The Morgan fingerprint density at radius 3 is 2.00 bits per heavy atom. The third-order valence-corrected chi connectivity index (χ3v) is 8.91. The van der Waals surface area contributed by atoms with E-state index in [9.17, 15) is 4.79 Å². The van der Waals surface area contributed by atoms with Crippen LogP contribution in [0.25, 0.3) is 0 Å². The molecule has 4 aromatic carbocycles. The molecule has 0 heterocycles. The highest BCUT2D eigenvalue weighted by molar-refractivity contribution is 7.80. The van der Waals surface area contributed by atoms with E-state index in [2.05, 4.69) is 85.9 Å². The molecule has 0 radical (unpaired) electrons. The van der Waals surface area contributed by atoms with Crippen LogP contribution in [-0.2, 0) is 4.79 Å². The lowest BCUT2D eigenvalue weighted by molar-refractivity contribution is -0.118. The number of hydrogen-bond donors (Lipinski definition) is 1. The van der Waals surface area contributed by atoms with Crippen LogP contribution in [0, 0.1) is 5.92 Å². The molecule has 0 spiro atoms. The smallest absolute Gasteiger partial charge is 0.249 e. The van der Waals surface area contributed by atoms with Crippen LogP contribution in [0.5, 0.6) is 5.75 Å². The molecule has 0 saturated carbocycles. The van der Waals surface area contributed by atoms with E-state index in [1.165, 1.54) is 15.9 Å². The maximum atomic E-state index is 13.3. The van der Waals surface area contributed by atoms with Crippen molar-refractivity contribution in [2.75, 3.05) is 12.4 Å². The zero-order chi connectivity index (χ0) is 26.0. The van der Waals surface area contributed by atoms with Gasteiger partial charge in [-0.3, -0.25) is 9.79 Å². The van der Waals surface area contributed by atoms with Gasteiger partial charge < -0.3 is 10.1 Å². The van der Waals surface area contributed by atoms with Crippen LogP contribution in [-0.4, -0.2) is 25.3 Å². The second-order valence-corrected chi connectivity index (χ2v) is 11.1. The predicted octanol–water partition coefficient (Wildman–Crippen LogP) is 5.93. The summed E-state index contributed by atoms with van der Waals surface area (Å²) in [5.74, 6) is 0.729. The Bertz CT molecular complexity index is 1270. The van der Waals surface area contributed by atoms with Crippen molar-refractivity contribution in [2.24, 2.45) is 10.9 Å². The molecular weight excluding hydrogens is 475 g/mol. The largest absolute Gasteiger partial charge is 0.497 e. The topological polar surface area (TPSA) is 50.7 Å². The van der Waals surface area contributed by atoms with Gasteiger partial charge in [-0.1, -0.05) is 105 Å². The van der Waals surface area contributed by atoms with Crippen LogP contribution in [0.3, 0.4) is 0 Å². The van der Waals surface area contributed by atoms with Crippen LogP contribution >= 0.6 is 7.92 Å². The molecule has 1 N–H and O–H groups in total. The van der Waals surface area contributed by atoms with Crippen molar-refractivity contribution in [1.29, 1.82) is 0 Å². The van der Waals surface area contributed by atoms with Gasteiger partial charge in [0.15, 0.2) is 0 Å². The van der Waals surface area contributed by atoms with E-state index < -0.39 is 14.0 Å². The molecule has 4 rings (SSSR count). The van der Waals surface area contributed by atoms with Gasteiger partial charge in [0, 0.05) is 17.5 Å². The standard InChI is InChI=1S/C32H33N2O2P/c1-4-24(2)31(32(35)34-26-19-21-27(36-3)22-20-26)33-23-25-13-11-12-18-30(25)37(28-14-7-5-8-15-28)29-16-9-6-10-17-29/h5-24,31H,4H2,1-3H3,(H,34,35)/t24-,31+/m1/s1. The van der Waals surface area contributed by atoms with E-state index in [0.29, 0.717) is 0 Å². The average molecular weight is 509 g/mol. The van der Waals surface area contributed by atoms with Crippen LogP contribution in [0.15, 0.2) is 114 Å². The maximum absolute atomic E-state index is 13.3. The van der Waals surface area contributed by atoms with Crippen LogP contribution in [0.2, 0.25) is 0 Å². The van der Waals surface area contributed by atoms with E-state index in [1.807, 2.05) is 48.7 Å². The van der Waals surface area contributed by atoms with Crippen molar-refractivity contribution in [2.45, 2.75) is 26.3 Å². The number of amides is 1. The number of benzene rings is 4. The summed E-state index contributed by atoms with van der Waals surface area (Å²) in [5, 5.41) is 6.81. The first-order chi connectivity index (χ1) is 18.1. The molecule has 1 amide bonds. The van der Waals surface area contributed by atoms with Gasteiger partial charge >= 0.3 is 0 Å². The van der Waals surface area contributed by atoms with Gasteiger partial charge in [0.25, 0.3) is 0 Å². The lowest BCUT2D eigenvalue weighted by atomic mass is 9.98. The Hall–Kier alpha value is -3.75. The molecule has 0 saturated heterocycles. The predicted molar refractivity (Wildman–Crippen MR) is 158 cm³/mol. The van der Waals surface area contributed by atoms with Gasteiger partial charge in [0.1, 0.15) is 11.8 Å². The third-order valence-electron chi connectivity index (χ3n) is 6.39. The molecule has 0 bridgehead atoms. The average Bonchev–Trinajstić information content (AvgIpc) is 2.95. The van der Waals surface area contributed by atoms with E-state index in [-0.39, 0.29) is 11.8 Å². The fourth-order valence-corrected chi connectivity index (χ4v) is 6.55. The molecule has 0 aliphatic heterocycles. The first-order valence-electron chi connectivity index (χ1n) is 12.6. The molecule has 0 aliphatic carbocycles. The number of ether oxygens (including phenoxy) is 1. The van der Waals surface area contributed by atoms with Gasteiger partial charge in [-0.2, -0.15) is 0 Å². The van der Waals surface area contributed by atoms with Gasteiger partial charge in [0.05, 0.1) is 7.11 Å². The number of carbonyl (C=O) groups is 1. The number of carbonyl (C=O) groups excluding carboxylic acids is 1. The van der Waals surface area contributed by atoms with E-state index in [0.717, 1.165) is 23.4 Å². The van der Waals surface area contributed by atoms with Gasteiger partial charge in [-0.25, -0.2) is 0 Å². The lowest BCUT2D eigenvalue weighted by Crippen LogP contribution is -2.32. The number of rotatable bonds is 10. The van der Waals surface area contributed by atoms with Crippen LogP contribution in [0.4, 0.5) is 5.69 Å². The molecule has 5 heteroatoms. The van der Waals surface area contributed by atoms with Crippen LogP contribution in [0.1, 0.15) is 25.8 Å². The Balaban J connectivity index is 1.66. The second kappa shape index (κ2) is 13.0. The summed E-state index contributed by atoms with van der Waals surface area (Å²) >= 11 is 0. The van der Waals surface area contributed by atoms with Gasteiger partial charge in [0.2, 0.25) is 5.91 Å². The lowest BCUT2D eigenvalue weighted by Gasteiger charge is -2.22. The molecular formula is C32H33N2O2P. The molecule has 37 heavy (non-hydrogen) atoms. The minimum Gasteiger partial charge on any atom is -0.497 e. The molecule has 188 valence electrons. The summed E-state index contributed by atoms with van der Waals surface area (Å²) in [7, 11) is 0.845. The molecule has 0 unspecified atom stereocenters. The van der Waals surface area contributed by atoms with Crippen molar-refractivity contribution in [3.63, 3.8) is 0 Å². The summed E-state index contributed by atoms with van der Waals surface area (Å²) in [6.45, 7) is 4.16. The zero-order valence-corrected chi connectivity index (χ0v) is 22.4. The highest BCUT2D eigenvalue weighted by atomic mass is 31.1. The second-order valence-electron chi connectivity index (χ2n) is 8.89. The van der Waals surface area contributed by atoms with Crippen molar-refractivity contribution >= 4 is 41.6 Å². The fourth-order valence-electron chi connectivity index (χ4n) is 4.13. The number of hydrogen-bond acceptors (Lipinski definition) is 3. The summed E-state index contributed by atoms with van der Waals surface area (Å²) in [6, 6.07) is 36.5. The summed E-state index contributed by atoms with van der Waals surface area (Å²) < 4.78 is 5.22. The monoisotopic (exact) mass is 508 g/mol. The Morgan fingerprint density at radius 2 is 1.43 bits per heavy atom. The van der Waals surface area contributed by atoms with Crippen molar-refractivity contribution < 1.29 is 9.53 Å². The first kappa shape index (κ1) is 26.3. The summed E-state index contributed by atoms with van der Waals surface area (Å²) in [4.78, 5) is 18.2. The van der Waals surface area contributed by atoms with Crippen molar-refractivity contribution in [3.05, 3.63) is 115 Å².